The molecule has 1 unspecified atom stereocenters. The van der Waals surface area contributed by atoms with Gasteiger partial charge in [0.25, 0.3) is 5.91 Å². The van der Waals surface area contributed by atoms with E-state index in [1.807, 2.05) is 92.7 Å². The number of carbonyl (C=O) groups is 2. The van der Waals surface area contributed by atoms with Crippen LogP contribution in [0.15, 0.2) is 78.9 Å². The Morgan fingerprint density at radius 2 is 1.69 bits per heavy atom. The molecule has 1 atom stereocenters. The lowest BCUT2D eigenvalue weighted by Crippen LogP contribution is -2.52. The molecule has 0 bridgehead atoms. The molecule has 2 amide bonds. The summed E-state index contributed by atoms with van der Waals surface area (Å²) in [6, 6.07) is 24.8. The minimum Gasteiger partial charge on any atom is -0.484 e. The van der Waals surface area contributed by atoms with Crippen molar-refractivity contribution in [3.8, 4) is 5.75 Å². The number of nitrogens with zero attached hydrogens (tertiary/aromatic N) is 1. The van der Waals surface area contributed by atoms with Gasteiger partial charge in [0.1, 0.15) is 11.8 Å². The third kappa shape index (κ3) is 7.99. The van der Waals surface area contributed by atoms with Crippen molar-refractivity contribution in [1.82, 2.24) is 10.2 Å². The van der Waals surface area contributed by atoms with Crippen molar-refractivity contribution in [1.29, 1.82) is 0 Å². The molecule has 0 heterocycles. The molecule has 0 radical (unpaired) electrons. The first-order valence-corrected chi connectivity index (χ1v) is 12.3. The van der Waals surface area contributed by atoms with Gasteiger partial charge in [0.05, 0.1) is 0 Å². The van der Waals surface area contributed by atoms with Crippen molar-refractivity contribution in [3.05, 3.63) is 101 Å². The number of carbonyl (C=O) groups excluding carboxylic acids is 2. The summed E-state index contributed by atoms with van der Waals surface area (Å²) in [6.45, 7) is 6.88. The Labute approximate surface area is 209 Å². The molecule has 0 spiro atoms. The summed E-state index contributed by atoms with van der Waals surface area (Å²) < 4.78 is 5.85. The van der Waals surface area contributed by atoms with Gasteiger partial charge in [0.2, 0.25) is 5.91 Å². The van der Waals surface area contributed by atoms with Crippen molar-refractivity contribution in [2.75, 3.05) is 13.2 Å². The highest BCUT2D eigenvalue weighted by atomic mass is 16.5. The molecule has 0 saturated carbocycles. The fourth-order valence-corrected chi connectivity index (χ4v) is 3.96. The van der Waals surface area contributed by atoms with Gasteiger partial charge < -0.3 is 15.0 Å². The lowest BCUT2D eigenvalue weighted by atomic mass is 10.0. The third-order valence-electron chi connectivity index (χ3n) is 6.05. The van der Waals surface area contributed by atoms with E-state index in [2.05, 4.69) is 12.2 Å². The van der Waals surface area contributed by atoms with Crippen LogP contribution in [-0.2, 0) is 22.6 Å². The van der Waals surface area contributed by atoms with Gasteiger partial charge in [0.15, 0.2) is 6.61 Å². The van der Waals surface area contributed by atoms with Gasteiger partial charge in [-0.15, -0.1) is 0 Å². The molecule has 1 N–H and O–H groups in total. The smallest absolute Gasteiger partial charge is 0.261 e. The van der Waals surface area contributed by atoms with Gasteiger partial charge in [-0.25, -0.2) is 0 Å². The van der Waals surface area contributed by atoms with Crippen LogP contribution in [0, 0.1) is 13.8 Å². The van der Waals surface area contributed by atoms with Crippen molar-refractivity contribution in [2.24, 2.45) is 0 Å². The zero-order chi connectivity index (χ0) is 25.0. The fourth-order valence-electron chi connectivity index (χ4n) is 3.96. The van der Waals surface area contributed by atoms with E-state index in [1.165, 1.54) is 0 Å². The van der Waals surface area contributed by atoms with Crippen LogP contribution in [0.3, 0.4) is 0 Å². The zero-order valence-corrected chi connectivity index (χ0v) is 21.0. The number of benzene rings is 3. The summed E-state index contributed by atoms with van der Waals surface area (Å²) >= 11 is 0. The first-order chi connectivity index (χ1) is 17.0. The molecule has 184 valence electrons. The molecule has 0 fully saturated rings. The minimum atomic E-state index is -0.650. The number of rotatable bonds is 12. The number of ether oxygens (including phenoxy) is 1. The maximum absolute atomic E-state index is 13.6. The van der Waals surface area contributed by atoms with E-state index in [0.717, 1.165) is 35.1 Å². The molecule has 3 aromatic carbocycles. The van der Waals surface area contributed by atoms with Gasteiger partial charge in [0, 0.05) is 19.5 Å². The SMILES string of the molecule is CCCCNC(=O)C(Cc1ccccc1)N(Cc1ccccc1C)C(=O)COc1cccc(C)c1. The van der Waals surface area contributed by atoms with Crippen LogP contribution in [0.1, 0.15) is 42.0 Å². The number of hydrogen-bond acceptors (Lipinski definition) is 3. The van der Waals surface area contributed by atoms with E-state index >= 15 is 0 Å². The summed E-state index contributed by atoms with van der Waals surface area (Å²) in [4.78, 5) is 28.7. The molecule has 0 aliphatic heterocycles. The Bertz CT molecular complexity index is 1100. The van der Waals surface area contributed by atoms with Crippen LogP contribution in [0.2, 0.25) is 0 Å². The first-order valence-electron chi connectivity index (χ1n) is 12.3. The van der Waals surface area contributed by atoms with Crippen LogP contribution in [0.4, 0.5) is 0 Å². The normalized spacial score (nSPS) is 11.5. The van der Waals surface area contributed by atoms with E-state index in [0.29, 0.717) is 25.3 Å². The maximum Gasteiger partial charge on any atom is 0.261 e. The van der Waals surface area contributed by atoms with Crippen LogP contribution < -0.4 is 10.1 Å². The van der Waals surface area contributed by atoms with Crippen molar-refractivity contribution in [2.45, 2.75) is 52.6 Å². The lowest BCUT2D eigenvalue weighted by molar-refractivity contribution is -0.142. The van der Waals surface area contributed by atoms with Crippen LogP contribution >= 0.6 is 0 Å². The molecule has 0 aliphatic rings. The monoisotopic (exact) mass is 472 g/mol. The van der Waals surface area contributed by atoms with Crippen LogP contribution in [-0.4, -0.2) is 35.9 Å². The molecule has 0 aromatic heterocycles. The number of amides is 2. The largest absolute Gasteiger partial charge is 0.484 e. The topological polar surface area (TPSA) is 58.6 Å². The van der Waals surface area contributed by atoms with Gasteiger partial charge in [-0.2, -0.15) is 0 Å². The van der Waals surface area contributed by atoms with Gasteiger partial charge in [-0.05, 0) is 54.7 Å². The second kappa shape index (κ2) is 13.3. The van der Waals surface area contributed by atoms with E-state index in [9.17, 15) is 9.59 Å². The Kier molecular flexibility index (Phi) is 9.91. The predicted octanol–water partition coefficient (Wildman–Crippen LogP) is 5.24. The summed E-state index contributed by atoms with van der Waals surface area (Å²) in [6.07, 6.45) is 2.31. The van der Waals surface area contributed by atoms with Gasteiger partial charge in [-0.1, -0.05) is 80.1 Å². The molecule has 35 heavy (non-hydrogen) atoms. The van der Waals surface area contributed by atoms with Gasteiger partial charge in [-0.3, -0.25) is 9.59 Å². The zero-order valence-electron chi connectivity index (χ0n) is 21.0. The average molecular weight is 473 g/mol. The molecular formula is C30H36N2O3. The van der Waals surface area contributed by atoms with E-state index in [4.69, 9.17) is 4.74 Å². The number of nitrogens with one attached hydrogen (secondary N) is 1. The fraction of sp³-hybridized carbons (Fsp3) is 0.333. The molecule has 0 aliphatic carbocycles. The summed E-state index contributed by atoms with van der Waals surface area (Å²) in [7, 11) is 0. The highest BCUT2D eigenvalue weighted by Gasteiger charge is 2.30. The Morgan fingerprint density at radius 1 is 0.943 bits per heavy atom. The predicted molar refractivity (Wildman–Crippen MR) is 140 cm³/mol. The van der Waals surface area contributed by atoms with E-state index in [1.54, 1.807) is 4.90 Å². The molecule has 5 heteroatoms. The van der Waals surface area contributed by atoms with Crippen LogP contribution in [0.5, 0.6) is 5.75 Å². The molecule has 0 saturated heterocycles. The summed E-state index contributed by atoms with van der Waals surface area (Å²) in [5, 5.41) is 3.05. The second-order valence-corrected chi connectivity index (χ2v) is 8.90. The standard InChI is InChI=1S/C30H36N2O3/c1-4-5-18-31-30(34)28(20-25-14-7-6-8-15-25)32(21-26-16-10-9-13-24(26)3)29(33)22-35-27-17-11-12-23(2)19-27/h6-17,19,28H,4-5,18,20-22H2,1-3H3,(H,31,34). The highest BCUT2D eigenvalue weighted by Crippen LogP contribution is 2.18. The average Bonchev–Trinajstić information content (AvgIpc) is 2.86. The minimum absolute atomic E-state index is 0.136. The Balaban J connectivity index is 1.89. The molecule has 3 rings (SSSR count). The molecule has 3 aromatic rings. The first kappa shape index (κ1) is 26.0. The van der Waals surface area contributed by atoms with Crippen molar-refractivity contribution < 1.29 is 14.3 Å². The van der Waals surface area contributed by atoms with Crippen molar-refractivity contribution >= 4 is 11.8 Å². The molecule has 5 nitrogen and oxygen atoms in total. The Hall–Kier alpha value is -3.60. The lowest BCUT2D eigenvalue weighted by Gasteiger charge is -2.32. The summed E-state index contributed by atoms with van der Waals surface area (Å²) in [5.74, 6) is 0.280. The second-order valence-electron chi connectivity index (χ2n) is 8.90. The molecular weight excluding hydrogens is 436 g/mol. The third-order valence-corrected chi connectivity index (χ3v) is 6.05. The van der Waals surface area contributed by atoms with Gasteiger partial charge >= 0.3 is 0 Å². The van der Waals surface area contributed by atoms with Crippen LogP contribution in [0.25, 0.3) is 0 Å². The van der Waals surface area contributed by atoms with E-state index in [-0.39, 0.29) is 18.4 Å². The van der Waals surface area contributed by atoms with Crippen molar-refractivity contribution in [3.63, 3.8) is 0 Å². The number of aryl methyl sites for hydroxylation is 2. The van der Waals surface area contributed by atoms with E-state index < -0.39 is 6.04 Å². The maximum atomic E-state index is 13.6. The number of hydrogen-bond donors (Lipinski definition) is 1. The number of unbranched alkanes of at least 4 members (excludes halogenated alkanes) is 1. The quantitative estimate of drug-likeness (QED) is 0.367. The Morgan fingerprint density at radius 3 is 2.40 bits per heavy atom. The highest BCUT2D eigenvalue weighted by molar-refractivity contribution is 5.88. The summed E-state index contributed by atoms with van der Waals surface area (Å²) in [5.41, 5.74) is 4.15.